The number of nitrogens with one attached hydrogen (secondary N) is 1. The average molecular weight is 343 g/mol. The molecule has 0 fully saturated rings. The van der Waals surface area contributed by atoms with Crippen LogP contribution in [-0.4, -0.2) is 31.5 Å². The van der Waals surface area contributed by atoms with Crippen LogP contribution in [0, 0.1) is 0 Å². The first-order valence-corrected chi connectivity index (χ1v) is 9.40. The number of nitrogens with two attached hydrogens (primary N) is 1. The number of rotatable bonds is 5. The van der Waals surface area contributed by atoms with Crippen LogP contribution in [0.5, 0.6) is 0 Å². The summed E-state index contributed by atoms with van der Waals surface area (Å²) >= 11 is 1.76. The zero-order valence-corrected chi connectivity index (χ0v) is 15.3. The summed E-state index contributed by atoms with van der Waals surface area (Å²) in [5.74, 6) is 0.498. The summed E-state index contributed by atoms with van der Waals surface area (Å²) in [5, 5.41) is 5.43. The van der Waals surface area contributed by atoms with Gasteiger partial charge in [-0.2, -0.15) is 0 Å². The van der Waals surface area contributed by atoms with Crippen LogP contribution in [0.4, 0.5) is 5.69 Å². The van der Waals surface area contributed by atoms with Crippen molar-refractivity contribution in [1.29, 1.82) is 0 Å². The third-order valence-corrected chi connectivity index (χ3v) is 5.56. The maximum Gasteiger partial charge on any atom is 0.193 e. The van der Waals surface area contributed by atoms with E-state index in [9.17, 15) is 0 Å². The van der Waals surface area contributed by atoms with Crippen molar-refractivity contribution >= 4 is 23.0 Å². The molecule has 1 aliphatic carbocycles. The van der Waals surface area contributed by atoms with Crippen molar-refractivity contribution in [3.05, 3.63) is 51.7 Å². The minimum Gasteiger partial charge on any atom is -0.370 e. The molecule has 2 aromatic rings. The third kappa shape index (κ3) is 3.97. The molecule has 0 aliphatic heterocycles. The van der Waals surface area contributed by atoms with E-state index in [4.69, 9.17) is 5.73 Å². The van der Waals surface area contributed by atoms with E-state index in [0.29, 0.717) is 12.5 Å². The van der Waals surface area contributed by atoms with Gasteiger partial charge >= 0.3 is 0 Å². The van der Waals surface area contributed by atoms with Gasteiger partial charge in [0.2, 0.25) is 0 Å². The quantitative estimate of drug-likeness (QED) is 0.644. The molecule has 3 N–H and O–H groups in total. The minimum absolute atomic E-state index is 0.259. The second-order valence-corrected chi connectivity index (χ2v) is 7.48. The molecule has 128 valence electrons. The first-order valence-electron chi connectivity index (χ1n) is 8.52. The lowest BCUT2D eigenvalue weighted by Crippen LogP contribution is -2.27. The summed E-state index contributed by atoms with van der Waals surface area (Å²) in [4.78, 5) is 8.10. The number of anilines is 1. The first kappa shape index (κ1) is 17.0. The standard InChI is InChI=1S/C19H26N4S/c1-23(2)17(18-11-6-12-24-18)13-21-19(20)22-16-10-5-8-14-7-3-4-9-15(14)16/h5-6,8,10-12,17H,3-4,7,9,13H2,1-2H3,(H3,20,21,22). The molecule has 5 heteroatoms. The maximum absolute atomic E-state index is 6.16. The van der Waals surface area contributed by atoms with Gasteiger partial charge in [-0.15, -0.1) is 11.3 Å². The summed E-state index contributed by atoms with van der Waals surface area (Å²) < 4.78 is 0. The monoisotopic (exact) mass is 342 g/mol. The van der Waals surface area contributed by atoms with Gasteiger partial charge in [0.1, 0.15) is 0 Å². The molecule has 1 aromatic heterocycles. The lowest BCUT2D eigenvalue weighted by molar-refractivity contribution is 0.311. The van der Waals surface area contributed by atoms with Crippen LogP contribution < -0.4 is 11.1 Å². The Morgan fingerprint density at radius 1 is 1.25 bits per heavy atom. The Bertz CT molecular complexity index is 691. The summed E-state index contributed by atoms with van der Waals surface area (Å²) in [6.07, 6.45) is 4.83. The van der Waals surface area contributed by atoms with E-state index in [0.717, 1.165) is 12.1 Å². The Kier molecular flexibility index (Phi) is 5.53. The number of aliphatic imine (C=N–C) groups is 1. The van der Waals surface area contributed by atoms with Crippen LogP contribution in [0.15, 0.2) is 40.7 Å². The molecule has 0 amide bonds. The number of benzene rings is 1. The molecule has 1 heterocycles. The van der Waals surface area contributed by atoms with E-state index in [1.165, 1.54) is 35.3 Å². The van der Waals surface area contributed by atoms with E-state index in [1.54, 1.807) is 11.3 Å². The van der Waals surface area contributed by atoms with Crippen molar-refractivity contribution in [3.8, 4) is 0 Å². The second kappa shape index (κ2) is 7.81. The normalized spacial score (nSPS) is 16.0. The zero-order chi connectivity index (χ0) is 16.9. The van der Waals surface area contributed by atoms with Gasteiger partial charge < -0.3 is 16.0 Å². The molecule has 0 radical (unpaired) electrons. The fourth-order valence-corrected chi connectivity index (χ4v) is 4.16. The maximum atomic E-state index is 6.16. The molecule has 0 bridgehead atoms. The average Bonchev–Trinajstić information content (AvgIpc) is 3.09. The molecule has 1 unspecified atom stereocenters. The van der Waals surface area contributed by atoms with Gasteiger partial charge in [-0.05, 0) is 68.4 Å². The Hall–Kier alpha value is -1.85. The van der Waals surface area contributed by atoms with Crippen LogP contribution in [0.3, 0.4) is 0 Å². The third-order valence-electron chi connectivity index (χ3n) is 4.59. The lowest BCUT2D eigenvalue weighted by atomic mass is 9.90. The summed E-state index contributed by atoms with van der Waals surface area (Å²) in [5.41, 5.74) is 10.1. The van der Waals surface area contributed by atoms with Crippen molar-refractivity contribution in [1.82, 2.24) is 4.90 Å². The van der Waals surface area contributed by atoms with Gasteiger partial charge in [0, 0.05) is 10.6 Å². The van der Waals surface area contributed by atoms with Crippen LogP contribution in [0.25, 0.3) is 0 Å². The Morgan fingerprint density at radius 2 is 2.08 bits per heavy atom. The number of nitrogens with zero attached hydrogens (tertiary/aromatic N) is 2. The largest absolute Gasteiger partial charge is 0.370 e. The molecular formula is C19H26N4S. The van der Waals surface area contributed by atoms with Gasteiger partial charge in [-0.1, -0.05) is 18.2 Å². The Morgan fingerprint density at radius 3 is 2.83 bits per heavy atom. The number of likely N-dealkylation sites (N-methyl/N-ethyl adjacent to an activating group) is 1. The highest BCUT2D eigenvalue weighted by atomic mass is 32.1. The van der Waals surface area contributed by atoms with Crippen molar-refractivity contribution in [3.63, 3.8) is 0 Å². The minimum atomic E-state index is 0.259. The molecule has 1 aromatic carbocycles. The van der Waals surface area contributed by atoms with Crippen molar-refractivity contribution in [2.75, 3.05) is 26.0 Å². The van der Waals surface area contributed by atoms with Gasteiger partial charge in [0.25, 0.3) is 0 Å². The van der Waals surface area contributed by atoms with Gasteiger partial charge in [-0.25, -0.2) is 0 Å². The smallest absolute Gasteiger partial charge is 0.193 e. The van der Waals surface area contributed by atoms with Crippen LogP contribution in [0.2, 0.25) is 0 Å². The summed E-state index contributed by atoms with van der Waals surface area (Å²) in [6.45, 7) is 0.654. The van der Waals surface area contributed by atoms with E-state index in [2.05, 4.69) is 65.0 Å². The molecular weight excluding hydrogens is 316 g/mol. The number of hydrogen-bond acceptors (Lipinski definition) is 3. The van der Waals surface area contributed by atoms with E-state index in [1.807, 2.05) is 0 Å². The molecule has 1 atom stereocenters. The van der Waals surface area contributed by atoms with Crippen LogP contribution >= 0.6 is 11.3 Å². The SMILES string of the molecule is CN(C)C(CN=C(N)Nc1cccc2c1CCCC2)c1cccs1. The number of hydrogen-bond donors (Lipinski definition) is 2. The topological polar surface area (TPSA) is 53.6 Å². The highest BCUT2D eigenvalue weighted by molar-refractivity contribution is 7.10. The van der Waals surface area contributed by atoms with Crippen LogP contribution in [0.1, 0.15) is 34.9 Å². The van der Waals surface area contributed by atoms with E-state index in [-0.39, 0.29) is 6.04 Å². The van der Waals surface area contributed by atoms with Crippen molar-refractivity contribution in [2.45, 2.75) is 31.7 Å². The fourth-order valence-electron chi connectivity index (χ4n) is 3.25. The molecule has 24 heavy (non-hydrogen) atoms. The molecule has 1 aliphatic rings. The van der Waals surface area contributed by atoms with Crippen LogP contribution in [-0.2, 0) is 12.8 Å². The number of thiophene rings is 1. The molecule has 3 rings (SSSR count). The van der Waals surface area contributed by atoms with Gasteiger partial charge in [-0.3, -0.25) is 4.99 Å². The number of fused-ring (bicyclic) bond motifs is 1. The fraction of sp³-hybridized carbons (Fsp3) is 0.421. The summed E-state index contributed by atoms with van der Waals surface area (Å²) in [6, 6.07) is 10.9. The highest BCUT2D eigenvalue weighted by Gasteiger charge is 2.16. The number of guanidine groups is 1. The second-order valence-electron chi connectivity index (χ2n) is 6.50. The van der Waals surface area contributed by atoms with E-state index < -0.39 is 0 Å². The zero-order valence-electron chi connectivity index (χ0n) is 14.5. The van der Waals surface area contributed by atoms with Gasteiger partial charge in [0.05, 0.1) is 12.6 Å². The Labute approximate surface area is 148 Å². The predicted octanol–water partition coefficient (Wildman–Crippen LogP) is 3.66. The Balaban J connectivity index is 1.70. The number of aryl methyl sites for hydroxylation is 1. The lowest BCUT2D eigenvalue weighted by Gasteiger charge is -2.22. The predicted molar refractivity (Wildman–Crippen MR) is 104 cm³/mol. The highest BCUT2D eigenvalue weighted by Crippen LogP contribution is 2.28. The van der Waals surface area contributed by atoms with E-state index >= 15 is 0 Å². The first-order chi connectivity index (χ1) is 11.6. The van der Waals surface area contributed by atoms with Crippen molar-refractivity contribution in [2.24, 2.45) is 10.7 Å². The molecule has 4 nitrogen and oxygen atoms in total. The summed E-state index contributed by atoms with van der Waals surface area (Å²) in [7, 11) is 4.16. The molecule has 0 saturated carbocycles. The van der Waals surface area contributed by atoms with Gasteiger partial charge in [0.15, 0.2) is 5.96 Å². The molecule has 0 saturated heterocycles. The van der Waals surface area contributed by atoms with Crippen molar-refractivity contribution < 1.29 is 0 Å². The molecule has 0 spiro atoms.